The number of hydrogen-bond acceptors (Lipinski definition) is 7. The molecule has 0 bridgehead atoms. The normalized spacial score (nSPS) is 11.6. The lowest BCUT2D eigenvalue weighted by Gasteiger charge is -2.14. The zero-order chi connectivity index (χ0) is 25.5. The van der Waals surface area contributed by atoms with Crippen LogP contribution in [-0.2, 0) is 36.0 Å². The summed E-state index contributed by atoms with van der Waals surface area (Å²) in [7, 11) is 0.853. The number of aromatic nitrogens is 4. The first kappa shape index (κ1) is 24.1. The number of hydrogen-bond donors (Lipinski definition) is 1. The quantitative estimate of drug-likeness (QED) is 0.395. The maximum Gasteiger partial charge on any atom is 0.328 e. The molecule has 0 saturated heterocycles. The molecule has 0 atom stereocenters. The summed E-state index contributed by atoms with van der Waals surface area (Å²) in [5.41, 5.74) is 0.911. The van der Waals surface area contributed by atoms with Gasteiger partial charge in [0, 0.05) is 39.5 Å². The van der Waals surface area contributed by atoms with E-state index in [4.69, 9.17) is 9.47 Å². The molecule has 2 aromatic heterocycles. The number of anilines is 1. The van der Waals surface area contributed by atoms with E-state index >= 15 is 0 Å². The molecule has 0 radical (unpaired) electrons. The van der Waals surface area contributed by atoms with Crippen molar-refractivity contribution in [3.05, 3.63) is 58.9 Å². The predicted octanol–water partition coefficient (Wildman–Crippen LogP) is 2.48. The van der Waals surface area contributed by atoms with Crippen LogP contribution in [0.4, 0.5) is 5.69 Å². The number of nitrogens with zero attached hydrogens (tertiary/aromatic N) is 4. The van der Waals surface area contributed by atoms with Crippen LogP contribution in [0, 0.1) is 6.92 Å². The van der Waals surface area contributed by atoms with E-state index in [9.17, 15) is 18.0 Å². The zero-order valence-corrected chi connectivity index (χ0v) is 20.7. The summed E-state index contributed by atoms with van der Waals surface area (Å²) in [5.74, 6) is 1.33. The van der Waals surface area contributed by atoms with E-state index in [1.807, 2.05) is 0 Å². The van der Waals surface area contributed by atoms with Crippen LogP contribution in [0.3, 0.4) is 0 Å². The number of ether oxygens (including phenoxy) is 2. The molecule has 1 N–H and O–H groups in total. The monoisotopic (exact) mass is 499 g/mol. The summed E-state index contributed by atoms with van der Waals surface area (Å²) >= 11 is 0. The number of benzene rings is 2. The van der Waals surface area contributed by atoms with Gasteiger partial charge in [0.1, 0.15) is 23.9 Å². The summed E-state index contributed by atoms with van der Waals surface area (Å²) in [4.78, 5) is 27.8. The second-order valence-corrected chi connectivity index (χ2v) is 9.78. The Morgan fingerprint density at radius 2 is 1.71 bits per heavy atom. The molecule has 11 nitrogen and oxygen atoms in total. The standard InChI is InChI=1S/C23H25N5O6S/c1-14(29)13-33-16-7-6-8-17(9-16)34-21-11-20-19(27(4)23(30)28(20)5)10-18(21)25-35(31,32)22-12-26(3)15(2)24-22/h6-12,25H,13H2,1-5H3. The largest absolute Gasteiger partial charge is 0.486 e. The molecule has 0 amide bonds. The number of imidazole rings is 2. The van der Waals surface area contributed by atoms with Gasteiger partial charge >= 0.3 is 5.69 Å². The SMILES string of the molecule is CC(=O)COc1cccc(Oc2cc3c(cc2NS(=O)(=O)c2cn(C)c(C)n2)n(C)c(=O)n3C)c1. The molecule has 0 saturated carbocycles. The van der Waals surface area contributed by atoms with E-state index in [-0.39, 0.29) is 34.5 Å². The Kier molecular flexibility index (Phi) is 6.15. The van der Waals surface area contributed by atoms with Crippen molar-refractivity contribution >= 4 is 32.5 Å². The van der Waals surface area contributed by atoms with Gasteiger partial charge in [0.2, 0.25) is 0 Å². The van der Waals surface area contributed by atoms with Crippen LogP contribution in [0.1, 0.15) is 12.7 Å². The highest BCUT2D eigenvalue weighted by atomic mass is 32.2. The number of carbonyl (C=O) groups excluding carboxylic acids is 1. The highest BCUT2D eigenvalue weighted by molar-refractivity contribution is 7.92. The molecule has 184 valence electrons. The Morgan fingerprint density at radius 3 is 2.34 bits per heavy atom. The minimum atomic E-state index is -4.06. The topological polar surface area (TPSA) is 126 Å². The molecule has 35 heavy (non-hydrogen) atoms. The number of sulfonamides is 1. The summed E-state index contributed by atoms with van der Waals surface area (Å²) in [5, 5.41) is -0.148. The van der Waals surface area contributed by atoms with Crippen molar-refractivity contribution in [2.75, 3.05) is 11.3 Å². The van der Waals surface area contributed by atoms with Crippen LogP contribution in [0.25, 0.3) is 11.0 Å². The van der Waals surface area contributed by atoms with Crippen molar-refractivity contribution < 1.29 is 22.7 Å². The van der Waals surface area contributed by atoms with Crippen LogP contribution in [-0.4, -0.2) is 39.5 Å². The van der Waals surface area contributed by atoms with Crippen LogP contribution in [0.15, 0.2) is 52.4 Å². The van der Waals surface area contributed by atoms with Gasteiger partial charge in [-0.2, -0.15) is 8.42 Å². The van der Waals surface area contributed by atoms with Gasteiger partial charge in [-0.15, -0.1) is 0 Å². The van der Waals surface area contributed by atoms with E-state index in [2.05, 4.69) is 9.71 Å². The van der Waals surface area contributed by atoms with E-state index in [1.165, 1.54) is 28.3 Å². The number of aryl methyl sites for hydroxylation is 4. The number of nitrogens with one attached hydrogen (secondary N) is 1. The first-order valence-corrected chi connectivity index (χ1v) is 12.1. The minimum Gasteiger partial charge on any atom is -0.486 e. The highest BCUT2D eigenvalue weighted by Crippen LogP contribution is 2.35. The number of fused-ring (bicyclic) bond motifs is 1. The van der Waals surface area contributed by atoms with Crippen molar-refractivity contribution in [1.82, 2.24) is 18.7 Å². The average molecular weight is 500 g/mol. The lowest BCUT2D eigenvalue weighted by atomic mass is 10.2. The van der Waals surface area contributed by atoms with Gasteiger partial charge in [-0.25, -0.2) is 9.78 Å². The Bertz CT molecular complexity index is 1590. The van der Waals surface area contributed by atoms with Gasteiger partial charge < -0.3 is 14.0 Å². The third kappa shape index (κ3) is 4.78. The van der Waals surface area contributed by atoms with Gasteiger partial charge in [0.15, 0.2) is 16.6 Å². The Morgan fingerprint density at radius 1 is 1.06 bits per heavy atom. The molecule has 0 aliphatic carbocycles. The minimum absolute atomic E-state index is 0.0872. The van der Waals surface area contributed by atoms with Crippen LogP contribution in [0.2, 0.25) is 0 Å². The van der Waals surface area contributed by atoms with Crippen molar-refractivity contribution in [2.45, 2.75) is 18.9 Å². The van der Waals surface area contributed by atoms with Crippen LogP contribution in [0.5, 0.6) is 17.2 Å². The second kappa shape index (κ2) is 8.95. The van der Waals surface area contributed by atoms with Gasteiger partial charge in [-0.3, -0.25) is 18.7 Å². The van der Waals surface area contributed by atoms with Crippen LogP contribution >= 0.6 is 0 Å². The van der Waals surface area contributed by atoms with Crippen LogP contribution < -0.4 is 19.9 Å². The molecule has 0 aliphatic heterocycles. The zero-order valence-electron chi connectivity index (χ0n) is 19.9. The molecule has 2 aromatic carbocycles. The number of carbonyl (C=O) groups is 1. The van der Waals surface area contributed by atoms with Crippen molar-refractivity contribution in [2.24, 2.45) is 21.1 Å². The average Bonchev–Trinajstić information content (AvgIpc) is 3.25. The number of Topliss-reactive ketones (excluding diaryl/α,β-unsaturated/α-hetero) is 1. The molecule has 12 heteroatoms. The van der Waals surface area contributed by atoms with Gasteiger partial charge in [0.25, 0.3) is 10.0 Å². The third-order valence-electron chi connectivity index (χ3n) is 5.45. The maximum atomic E-state index is 13.1. The fourth-order valence-electron chi connectivity index (χ4n) is 3.48. The van der Waals surface area contributed by atoms with Crippen molar-refractivity contribution in [1.29, 1.82) is 0 Å². The molecule has 2 heterocycles. The van der Waals surface area contributed by atoms with E-state index in [0.717, 1.165) is 0 Å². The van der Waals surface area contributed by atoms with Crippen molar-refractivity contribution in [3.8, 4) is 17.2 Å². The highest BCUT2D eigenvalue weighted by Gasteiger charge is 2.23. The fraction of sp³-hybridized carbons (Fsp3) is 0.261. The molecule has 0 aliphatic rings. The summed E-state index contributed by atoms with van der Waals surface area (Å²) < 4.78 is 44.7. The second-order valence-electron chi connectivity index (χ2n) is 8.15. The molecule has 0 fully saturated rings. The van der Waals surface area contributed by atoms with E-state index in [0.29, 0.717) is 28.4 Å². The summed E-state index contributed by atoms with van der Waals surface area (Å²) in [6.07, 6.45) is 1.41. The maximum absolute atomic E-state index is 13.1. The first-order valence-electron chi connectivity index (χ1n) is 10.6. The molecule has 0 spiro atoms. The van der Waals surface area contributed by atoms with Gasteiger partial charge in [-0.05, 0) is 32.0 Å². The molecular formula is C23H25N5O6S. The number of ketones is 1. The third-order valence-corrected chi connectivity index (χ3v) is 6.69. The van der Waals surface area contributed by atoms with Crippen molar-refractivity contribution in [3.63, 3.8) is 0 Å². The molecular weight excluding hydrogens is 474 g/mol. The smallest absolute Gasteiger partial charge is 0.328 e. The lowest BCUT2D eigenvalue weighted by molar-refractivity contribution is -0.118. The Balaban J connectivity index is 1.79. The fourth-order valence-corrected chi connectivity index (χ4v) is 4.59. The molecule has 4 aromatic rings. The number of rotatable bonds is 8. The van der Waals surface area contributed by atoms with E-state index < -0.39 is 10.0 Å². The van der Waals surface area contributed by atoms with Gasteiger partial charge in [0.05, 0.1) is 16.7 Å². The summed E-state index contributed by atoms with van der Waals surface area (Å²) in [6.45, 7) is 3.03. The molecule has 0 unspecified atom stereocenters. The van der Waals surface area contributed by atoms with E-state index in [1.54, 1.807) is 63.0 Å². The summed E-state index contributed by atoms with van der Waals surface area (Å²) in [6, 6.07) is 9.72. The lowest BCUT2D eigenvalue weighted by Crippen LogP contribution is -2.19. The predicted molar refractivity (Wildman–Crippen MR) is 130 cm³/mol. The Hall–Kier alpha value is -4.06. The molecule has 4 rings (SSSR count). The first-order chi connectivity index (χ1) is 16.5. The Labute approximate surface area is 201 Å². The van der Waals surface area contributed by atoms with Gasteiger partial charge in [-0.1, -0.05) is 6.07 Å².